The van der Waals surface area contributed by atoms with E-state index in [0.717, 1.165) is 22.9 Å². The first-order valence-electron chi connectivity index (χ1n) is 8.88. The number of hydrogen-bond acceptors (Lipinski definition) is 2. The van der Waals surface area contributed by atoms with Crippen LogP contribution >= 0.6 is 0 Å². The number of fused-ring (bicyclic) bond motifs is 1. The minimum Gasteiger partial charge on any atom is -0.361 e. The van der Waals surface area contributed by atoms with Gasteiger partial charge in [0.05, 0.1) is 6.54 Å². The minimum atomic E-state index is -0.508. The van der Waals surface area contributed by atoms with Gasteiger partial charge in [0.15, 0.2) is 0 Å². The maximum Gasteiger partial charge on any atom is 0.245 e. The van der Waals surface area contributed by atoms with Crippen LogP contribution in [0.1, 0.15) is 11.1 Å². The summed E-state index contributed by atoms with van der Waals surface area (Å²) in [4.78, 5) is 29.9. The second kappa shape index (κ2) is 7.04. The fraction of sp³-hybridized carbons (Fsp3) is 0.238. The van der Waals surface area contributed by atoms with Crippen molar-refractivity contribution in [3.63, 3.8) is 0 Å². The van der Waals surface area contributed by atoms with Crippen LogP contribution in [0.3, 0.4) is 0 Å². The maximum atomic E-state index is 12.9. The number of aromatic nitrogens is 1. The third-order valence-corrected chi connectivity index (χ3v) is 4.89. The molecule has 1 fully saturated rings. The van der Waals surface area contributed by atoms with Gasteiger partial charge < -0.3 is 15.2 Å². The Morgan fingerprint density at radius 3 is 2.62 bits per heavy atom. The van der Waals surface area contributed by atoms with Crippen molar-refractivity contribution in [2.75, 3.05) is 13.1 Å². The highest BCUT2D eigenvalue weighted by Gasteiger charge is 2.32. The number of benzene rings is 2. The largest absolute Gasteiger partial charge is 0.361 e. The zero-order chi connectivity index (χ0) is 17.9. The van der Waals surface area contributed by atoms with E-state index in [9.17, 15) is 9.59 Å². The van der Waals surface area contributed by atoms with Crippen LogP contribution in [-0.4, -0.2) is 40.8 Å². The van der Waals surface area contributed by atoms with Crippen LogP contribution < -0.4 is 5.32 Å². The van der Waals surface area contributed by atoms with Gasteiger partial charge in [-0.25, -0.2) is 0 Å². The van der Waals surface area contributed by atoms with E-state index in [-0.39, 0.29) is 18.4 Å². The normalized spacial score (nSPS) is 17.5. The molecule has 1 aliphatic rings. The van der Waals surface area contributed by atoms with E-state index >= 15 is 0 Å². The number of hydrogen-bond donors (Lipinski definition) is 2. The van der Waals surface area contributed by atoms with E-state index in [0.29, 0.717) is 13.0 Å². The summed E-state index contributed by atoms with van der Waals surface area (Å²) in [6, 6.07) is 17.5. The van der Waals surface area contributed by atoms with Crippen LogP contribution in [0.2, 0.25) is 0 Å². The summed E-state index contributed by atoms with van der Waals surface area (Å²) in [5.41, 5.74) is 3.25. The first-order valence-corrected chi connectivity index (χ1v) is 8.88. The van der Waals surface area contributed by atoms with Gasteiger partial charge in [-0.1, -0.05) is 48.5 Å². The molecule has 0 bridgehead atoms. The van der Waals surface area contributed by atoms with Crippen LogP contribution in [0.5, 0.6) is 0 Å². The van der Waals surface area contributed by atoms with Crippen molar-refractivity contribution in [1.29, 1.82) is 0 Å². The third-order valence-electron chi connectivity index (χ3n) is 4.89. The van der Waals surface area contributed by atoms with Gasteiger partial charge in [0, 0.05) is 30.1 Å². The topological polar surface area (TPSA) is 65.2 Å². The molecule has 0 radical (unpaired) electrons. The summed E-state index contributed by atoms with van der Waals surface area (Å²) in [5.74, 6) is -0.103. The fourth-order valence-electron chi connectivity index (χ4n) is 3.53. The van der Waals surface area contributed by atoms with Crippen molar-refractivity contribution in [1.82, 2.24) is 15.2 Å². The standard InChI is InChI=1S/C21H21N3O2/c25-20-14-24(11-10-15-6-2-1-3-7-15)21(26)19(23-20)12-16-13-22-18-9-5-4-8-17(16)18/h1-9,13,19,22H,10-12,14H2,(H,23,25)/t19-/m1/s1. The molecule has 5 heteroatoms. The summed E-state index contributed by atoms with van der Waals surface area (Å²) in [6.07, 6.45) is 3.17. The number of aromatic amines is 1. The number of para-hydroxylation sites is 1. The minimum absolute atomic E-state index is 0.00851. The van der Waals surface area contributed by atoms with Crippen LogP contribution in [0.25, 0.3) is 10.9 Å². The molecule has 1 aromatic heterocycles. The highest BCUT2D eigenvalue weighted by atomic mass is 16.2. The number of carbonyl (C=O) groups is 2. The SMILES string of the molecule is O=C1CN(CCc2ccccc2)C(=O)[C@@H](Cc2c[nH]c3ccccc23)N1. The second-order valence-corrected chi connectivity index (χ2v) is 6.68. The highest BCUT2D eigenvalue weighted by molar-refractivity contribution is 5.95. The van der Waals surface area contributed by atoms with E-state index in [1.54, 1.807) is 4.90 Å². The summed E-state index contributed by atoms with van der Waals surface area (Å²) < 4.78 is 0. The van der Waals surface area contributed by atoms with Crippen molar-refractivity contribution < 1.29 is 9.59 Å². The van der Waals surface area contributed by atoms with Crippen molar-refractivity contribution in [2.24, 2.45) is 0 Å². The zero-order valence-electron chi connectivity index (χ0n) is 14.4. The lowest BCUT2D eigenvalue weighted by molar-refractivity contribution is -0.144. The van der Waals surface area contributed by atoms with Gasteiger partial charge in [-0.15, -0.1) is 0 Å². The molecule has 1 atom stereocenters. The molecule has 0 unspecified atom stereocenters. The van der Waals surface area contributed by atoms with Crippen molar-refractivity contribution >= 4 is 22.7 Å². The van der Waals surface area contributed by atoms with E-state index in [1.807, 2.05) is 60.8 Å². The number of nitrogens with one attached hydrogen (secondary N) is 2. The lowest BCUT2D eigenvalue weighted by Crippen LogP contribution is -2.59. The van der Waals surface area contributed by atoms with E-state index in [2.05, 4.69) is 10.3 Å². The molecular formula is C21H21N3O2. The first-order chi connectivity index (χ1) is 12.7. The number of carbonyl (C=O) groups excluding carboxylic acids is 2. The first kappa shape index (κ1) is 16.4. The molecule has 1 saturated heterocycles. The van der Waals surface area contributed by atoms with Crippen LogP contribution in [0.15, 0.2) is 60.8 Å². The predicted molar refractivity (Wildman–Crippen MR) is 101 cm³/mol. The summed E-state index contributed by atoms with van der Waals surface area (Å²) in [7, 11) is 0. The van der Waals surface area contributed by atoms with E-state index < -0.39 is 6.04 Å². The van der Waals surface area contributed by atoms with Crippen molar-refractivity contribution in [3.8, 4) is 0 Å². The van der Waals surface area contributed by atoms with Crippen LogP contribution in [0, 0.1) is 0 Å². The lowest BCUT2D eigenvalue weighted by atomic mass is 10.0. The molecular weight excluding hydrogens is 326 g/mol. The molecule has 2 N–H and O–H groups in total. The summed E-state index contributed by atoms with van der Waals surface area (Å²) >= 11 is 0. The molecule has 0 saturated carbocycles. The smallest absolute Gasteiger partial charge is 0.245 e. The Balaban J connectivity index is 1.47. The van der Waals surface area contributed by atoms with Crippen molar-refractivity contribution in [3.05, 3.63) is 71.9 Å². The Morgan fingerprint density at radius 2 is 1.77 bits per heavy atom. The predicted octanol–water partition coefficient (Wildman–Crippen LogP) is 2.28. The van der Waals surface area contributed by atoms with E-state index in [1.165, 1.54) is 5.56 Å². The molecule has 5 nitrogen and oxygen atoms in total. The Kier molecular flexibility index (Phi) is 4.44. The number of piperazine rings is 1. The highest BCUT2D eigenvalue weighted by Crippen LogP contribution is 2.20. The quantitative estimate of drug-likeness (QED) is 0.744. The number of nitrogens with zero attached hydrogens (tertiary/aromatic N) is 1. The van der Waals surface area contributed by atoms with E-state index in [4.69, 9.17) is 0 Å². The Labute approximate surface area is 152 Å². The summed E-state index contributed by atoms with van der Waals surface area (Å²) in [5, 5.41) is 3.95. The van der Waals surface area contributed by atoms with Gasteiger partial charge in [-0.2, -0.15) is 0 Å². The van der Waals surface area contributed by atoms with Crippen molar-refractivity contribution in [2.45, 2.75) is 18.9 Å². The molecule has 2 heterocycles. The van der Waals surface area contributed by atoms with Crippen LogP contribution in [-0.2, 0) is 22.4 Å². The fourth-order valence-corrected chi connectivity index (χ4v) is 3.53. The number of rotatable bonds is 5. The van der Waals surface area contributed by atoms with Crippen LogP contribution in [0.4, 0.5) is 0 Å². The third kappa shape index (κ3) is 3.33. The molecule has 0 spiro atoms. The Bertz CT molecular complexity index is 933. The molecule has 3 aromatic rings. The molecule has 2 amide bonds. The monoisotopic (exact) mass is 347 g/mol. The second-order valence-electron chi connectivity index (χ2n) is 6.68. The molecule has 0 aliphatic carbocycles. The van der Waals surface area contributed by atoms with Gasteiger partial charge in [0.1, 0.15) is 6.04 Å². The number of amides is 2. The Hall–Kier alpha value is -3.08. The maximum absolute atomic E-state index is 12.9. The molecule has 2 aromatic carbocycles. The average molecular weight is 347 g/mol. The van der Waals surface area contributed by atoms with Gasteiger partial charge in [-0.05, 0) is 23.6 Å². The van der Waals surface area contributed by atoms with Gasteiger partial charge in [-0.3, -0.25) is 9.59 Å². The number of H-pyrrole nitrogens is 1. The molecule has 26 heavy (non-hydrogen) atoms. The lowest BCUT2D eigenvalue weighted by Gasteiger charge is -2.32. The Morgan fingerprint density at radius 1 is 1.00 bits per heavy atom. The van der Waals surface area contributed by atoms with Gasteiger partial charge in [0.2, 0.25) is 11.8 Å². The zero-order valence-corrected chi connectivity index (χ0v) is 14.4. The summed E-state index contributed by atoms with van der Waals surface area (Å²) in [6.45, 7) is 0.691. The molecule has 1 aliphatic heterocycles. The van der Waals surface area contributed by atoms with Gasteiger partial charge >= 0.3 is 0 Å². The van der Waals surface area contributed by atoms with Gasteiger partial charge in [0.25, 0.3) is 0 Å². The average Bonchev–Trinajstić information content (AvgIpc) is 3.07. The molecule has 4 rings (SSSR count). The molecule has 132 valence electrons.